The van der Waals surface area contributed by atoms with Crippen molar-refractivity contribution in [2.45, 2.75) is 32.5 Å². The van der Waals surface area contributed by atoms with E-state index in [9.17, 15) is 0 Å². The molecule has 0 aliphatic rings. The largest absolute Gasteiger partial charge is 0.389 e. The van der Waals surface area contributed by atoms with Crippen molar-refractivity contribution in [2.24, 2.45) is 5.84 Å². The van der Waals surface area contributed by atoms with E-state index in [-0.39, 0.29) is 5.60 Å². The Balaban J connectivity index is 3.38. The van der Waals surface area contributed by atoms with Crippen LogP contribution >= 0.6 is 0 Å². The van der Waals surface area contributed by atoms with E-state index in [4.69, 9.17) is 15.7 Å². The number of nitrogens with one attached hydrogen (secondary N) is 1. The van der Waals surface area contributed by atoms with E-state index in [1.165, 1.54) is 0 Å². The Kier molecular flexibility index (Phi) is 4.60. The van der Waals surface area contributed by atoms with Crippen LogP contribution in [0.15, 0.2) is 0 Å². The summed E-state index contributed by atoms with van der Waals surface area (Å²) >= 11 is 0. The van der Waals surface area contributed by atoms with Gasteiger partial charge in [-0.1, -0.05) is 0 Å². The number of nitrogens with two attached hydrogens (primary N) is 1. The molecule has 0 fully saturated rings. The molecule has 0 spiro atoms. The Hall–Kier alpha value is -0.160. The third-order valence-electron chi connectivity index (χ3n) is 1.06. The van der Waals surface area contributed by atoms with Crippen molar-refractivity contribution in [3.8, 4) is 0 Å². The second kappa shape index (κ2) is 4.66. The van der Waals surface area contributed by atoms with E-state index < -0.39 is 6.10 Å². The average molecular weight is 162 g/mol. The molecule has 1 unspecified atom stereocenters. The van der Waals surface area contributed by atoms with Crippen molar-refractivity contribution in [1.29, 1.82) is 0 Å². The molecule has 0 amide bonds. The van der Waals surface area contributed by atoms with Gasteiger partial charge in [0.1, 0.15) is 0 Å². The summed E-state index contributed by atoms with van der Waals surface area (Å²) in [5, 5.41) is 9.14. The van der Waals surface area contributed by atoms with Gasteiger partial charge in [0, 0.05) is 6.54 Å². The lowest BCUT2D eigenvalue weighted by Crippen LogP contribution is -2.36. The van der Waals surface area contributed by atoms with Crippen LogP contribution < -0.4 is 11.3 Å². The summed E-state index contributed by atoms with van der Waals surface area (Å²) in [4.78, 5) is 0. The topological polar surface area (TPSA) is 67.5 Å². The van der Waals surface area contributed by atoms with E-state index in [0.717, 1.165) is 0 Å². The first-order valence-electron chi connectivity index (χ1n) is 3.71. The molecule has 4 N–H and O–H groups in total. The Morgan fingerprint density at radius 2 is 2.09 bits per heavy atom. The summed E-state index contributed by atoms with van der Waals surface area (Å²) in [7, 11) is 0. The van der Waals surface area contributed by atoms with Crippen molar-refractivity contribution >= 4 is 0 Å². The SMILES string of the molecule is CC(C)(C)OCC(O)CNN. The van der Waals surface area contributed by atoms with Crippen molar-refractivity contribution in [1.82, 2.24) is 5.43 Å². The molecule has 4 heteroatoms. The van der Waals surface area contributed by atoms with Crippen LogP contribution in [0.5, 0.6) is 0 Å². The molecule has 0 aromatic rings. The molecule has 1 atom stereocenters. The molecular formula is C7H18N2O2. The third kappa shape index (κ3) is 7.74. The molecule has 4 nitrogen and oxygen atoms in total. The van der Waals surface area contributed by atoms with E-state index in [0.29, 0.717) is 13.2 Å². The van der Waals surface area contributed by atoms with Crippen LogP contribution in [0.1, 0.15) is 20.8 Å². The maximum absolute atomic E-state index is 9.14. The lowest BCUT2D eigenvalue weighted by molar-refractivity contribution is -0.0478. The van der Waals surface area contributed by atoms with E-state index in [2.05, 4.69) is 5.43 Å². The molecule has 0 aliphatic heterocycles. The summed E-state index contributed by atoms with van der Waals surface area (Å²) in [6.45, 7) is 6.49. The van der Waals surface area contributed by atoms with Crippen molar-refractivity contribution < 1.29 is 9.84 Å². The molecule has 0 rings (SSSR count). The number of hydrogen-bond donors (Lipinski definition) is 3. The molecule has 0 aliphatic carbocycles. The maximum atomic E-state index is 9.14. The van der Waals surface area contributed by atoms with Crippen LogP contribution in [-0.2, 0) is 4.74 Å². The van der Waals surface area contributed by atoms with Gasteiger partial charge in [0.25, 0.3) is 0 Å². The van der Waals surface area contributed by atoms with Gasteiger partial charge >= 0.3 is 0 Å². The molecule has 0 saturated carbocycles. The molecule has 0 bridgehead atoms. The lowest BCUT2D eigenvalue weighted by Gasteiger charge is -2.21. The van der Waals surface area contributed by atoms with Gasteiger partial charge in [-0.25, -0.2) is 0 Å². The third-order valence-corrected chi connectivity index (χ3v) is 1.06. The van der Waals surface area contributed by atoms with Crippen molar-refractivity contribution in [3.05, 3.63) is 0 Å². The number of aliphatic hydroxyl groups is 1. The highest BCUT2D eigenvalue weighted by atomic mass is 16.5. The number of hydrazine groups is 1. The maximum Gasteiger partial charge on any atom is 0.0911 e. The normalized spacial score (nSPS) is 15.0. The van der Waals surface area contributed by atoms with Gasteiger partial charge in [0.05, 0.1) is 18.3 Å². The van der Waals surface area contributed by atoms with Gasteiger partial charge < -0.3 is 9.84 Å². The van der Waals surface area contributed by atoms with Crippen LogP contribution in [0, 0.1) is 0 Å². The Morgan fingerprint density at radius 3 is 2.45 bits per heavy atom. The summed E-state index contributed by atoms with van der Waals surface area (Å²) in [6, 6.07) is 0. The van der Waals surface area contributed by atoms with Gasteiger partial charge in [-0.3, -0.25) is 11.3 Å². The zero-order valence-corrected chi connectivity index (χ0v) is 7.42. The minimum Gasteiger partial charge on any atom is -0.389 e. The Bertz CT molecular complexity index is 101. The predicted octanol–water partition coefficient (Wildman–Crippen LogP) is -0.374. The first-order chi connectivity index (χ1) is 4.95. The number of rotatable bonds is 4. The van der Waals surface area contributed by atoms with Gasteiger partial charge in [0.15, 0.2) is 0 Å². The zero-order chi connectivity index (χ0) is 8.91. The van der Waals surface area contributed by atoms with Gasteiger partial charge in [-0.15, -0.1) is 0 Å². The number of hydrogen-bond acceptors (Lipinski definition) is 4. The van der Waals surface area contributed by atoms with Gasteiger partial charge in [0.2, 0.25) is 0 Å². The molecule has 0 heterocycles. The summed E-state index contributed by atoms with van der Waals surface area (Å²) in [5.74, 6) is 5.00. The van der Waals surface area contributed by atoms with Crippen molar-refractivity contribution in [3.63, 3.8) is 0 Å². The van der Waals surface area contributed by atoms with Crippen LogP contribution in [0.25, 0.3) is 0 Å². The van der Waals surface area contributed by atoms with Crippen LogP contribution in [0.2, 0.25) is 0 Å². The number of aliphatic hydroxyl groups excluding tert-OH is 1. The minimum atomic E-state index is -0.528. The second-order valence-corrected chi connectivity index (χ2v) is 3.49. The fourth-order valence-electron chi connectivity index (χ4n) is 0.541. The highest BCUT2D eigenvalue weighted by Gasteiger charge is 2.12. The summed E-state index contributed by atoms with van der Waals surface area (Å²) < 4.78 is 5.30. The van der Waals surface area contributed by atoms with Gasteiger partial charge in [-0.2, -0.15) is 0 Å². The van der Waals surface area contributed by atoms with E-state index in [1.807, 2.05) is 20.8 Å². The molecule has 11 heavy (non-hydrogen) atoms. The average Bonchev–Trinajstić information content (AvgIpc) is 1.83. The lowest BCUT2D eigenvalue weighted by atomic mass is 10.2. The minimum absolute atomic E-state index is 0.199. The smallest absolute Gasteiger partial charge is 0.0911 e. The second-order valence-electron chi connectivity index (χ2n) is 3.49. The molecule has 0 aromatic heterocycles. The molecular weight excluding hydrogens is 144 g/mol. The molecule has 0 radical (unpaired) electrons. The zero-order valence-electron chi connectivity index (χ0n) is 7.42. The molecule has 68 valence electrons. The highest BCUT2D eigenvalue weighted by molar-refractivity contribution is 4.62. The Labute approximate surface area is 67.7 Å². The predicted molar refractivity (Wildman–Crippen MR) is 43.9 cm³/mol. The fourth-order valence-corrected chi connectivity index (χ4v) is 0.541. The van der Waals surface area contributed by atoms with E-state index in [1.54, 1.807) is 0 Å². The van der Waals surface area contributed by atoms with Crippen LogP contribution in [-0.4, -0.2) is 30.0 Å². The van der Waals surface area contributed by atoms with E-state index >= 15 is 0 Å². The quantitative estimate of drug-likeness (QED) is 0.389. The van der Waals surface area contributed by atoms with Gasteiger partial charge in [-0.05, 0) is 20.8 Å². The first kappa shape index (κ1) is 10.8. The number of ether oxygens (including phenoxy) is 1. The first-order valence-corrected chi connectivity index (χ1v) is 3.71. The van der Waals surface area contributed by atoms with Crippen molar-refractivity contribution in [2.75, 3.05) is 13.2 Å². The monoisotopic (exact) mass is 162 g/mol. The Morgan fingerprint density at radius 1 is 1.55 bits per heavy atom. The fraction of sp³-hybridized carbons (Fsp3) is 1.00. The summed E-state index contributed by atoms with van der Waals surface area (Å²) in [6.07, 6.45) is -0.528. The summed E-state index contributed by atoms with van der Waals surface area (Å²) in [5.41, 5.74) is 2.17. The molecule has 0 saturated heterocycles. The van der Waals surface area contributed by atoms with Crippen LogP contribution in [0.3, 0.4) is 0 Å². The standard InChI is InChI=1S/C7H18N2O2/c1-7(2,3)11-5-6(10)4-9-8/h6,9-10H,4-5,8H2,1-3H3. The molecule has 0 aromatic carbocycles. The highest BCUT2D eigenvalue weighted by Crippen LogP contribution is 2.06. The van der Waals surface area contributed by atoms with Crippen LogP contribution in [0.4, 0.5) is 0 Å².